The van der Waals surface area contributed by atoms with E-state index < -0.39 is 0 Å². The molecule has 5 saturated heterocycles. The highest BCUT2D eigenvalue weighted by molar-refractivity contribution is 5.17. The molecule has 0 aromatic heterocycles. The van der Waals surface area contributed by atoms with Crippen molar-refractivity contribution in [2.45, 2.75) is 12.2 Å². The van der Waals surface area contributed by atoms with Crippen LogP contribution in [0.3, 0.4) is 0 Å². The fourth-order valence-electron chi connectivity index (χ4n) is 2.02. The van der Waals surface area contributed by atoms with Gasteiger partial charge in [-0.2, -0.15) is 0 Å². The number of hydrogen-bond acceptors (Lipinski definition) is 2. The van der Waals surface area contributed by atoms with Crippen molar-refractivity contribution < 1.29 is 0 Å². The maximum absolute atomic E-state index is 3.42. The summed E-state index contributed by atoms with van der Waals surface area (Å²) < 4.78 is 0. The summed E-state index contributed by atoms with van der Waals surface area (Å²) >= 11 is 0. The molecular weight excluding hydrogens is 88.1 g/mol. The van der Waals surface area contributed by atoms with Crippen LogP contribution in [0.15, 0.2) is 0 Å². The lowest BCUT2D eigenvalue weighted by Gasteiger charge is -2.60. The van der Waals surface area contributed by atoms with Gasteiger partial charge >= 0.3 is 0 Å². The Morgan fingerprint density at radius 1 is 1.57 bits per heavy atom. The average Bonchev–Trinajstić information content (AvgIpc) is 1.82. The number of rotatable bonds is 0. The summed E-state index contributed by atoms with van der Waals surface area (Å²) in [5.41, 5.74) is 0. The van der Waals surface area contributed by atoms with Crippen LogP contribution in [0.4, 0.5) is 0 Å². The van der Waals surface area contributed by atoms with Gasteiger partial charge in [-0.1, -0.05) is 0 Å². The molecule has 4 unspecified atom stereocenters. The van der Waals surface area contributed by atoms with Crippen molar-refractivity contribution in [3.8, 4) is 0 Å². The minimum atomic E-state index is 0.838. The maximum atomic E-state index is 3.42. The molecule has 0 aliphatic carbocycles. The van der Waals surface area contributed by atoms with E-state index in [1.807, 2.05) is 0 Å². The molecule has 0 aromatic carbocycles. The molecule has 5 aliphatic heterocycles. The Labute approximate surface area is 42.5 Å². The normalized spacial score (nSPS) is 72.0. The molecule has 2 nitrogen and oxygen atoms in total. The second kappa shape index (κ2) is 0.644. The molecule has 5 aliphatic rings. The lowest BCUT2D eigenvalue weighted by atomic mass is 9.77. The SMILES string of the molecule is C1NC2C3CN2C13. The maximum Gasteiger partial charge on any atom is 0.0657 e. The van der Waals surface area contributed by atoms with Crippen LogP contribution in [0.2, 0.25) is 0 Å². The van der Waals surface area contributed by atoms with Crippen molar-refractivity contribution in [3.05, 3.63) is 0 Å². The van der Waals surface area contributed by atoms with Crippen LogP contribution in [0.5, 0.6) is 0 Å². The van der Waals surface area contributed by atoms with Gasteiger partial charge in [0, 0.05) is 25.0 Å². The first-order chi connectivity index (χ1) is 3.47. The predicted molar refractivity (Wildman–Crippen MR) is 25.8 cm³/mol. The van der Waals surface area contributed by atoms with Crippen LogP contribution in [0, 0.1) is 5.92 Å². The van der Waals surface area contributed by atoms with E-state index in [1.54, 1.807) is 0 Å². The molecule has 0 amide bonds. The van der Waals surface area contributed by atoms with Gasteiger partial charge in [-0.05, 0) is 0 Å². The molecule has 5 heterocycles. The Hall–Kier alpha value is -0.0800. The van der Waals surface area contributed by atoms with E-state index in [0.29, 0.717) is 0 Å². The molecular formula is C5H8N2. The summed E-state index contributed by atoms with van der Waals surface area (Å²) in [7, 11) is 0. The lowest BCUT2D eigenvalue weighted by Crippen LogP contribution is -2.75. The third kappa shape index (κ3) is 0.146. The standard InChI is InChI=1S/C5H8N2/c1-4-3-2-7(4)5(3)6-1/h3-6H,1-2H2. The Balaban J connectivity index is 2.09. The van der Waals surface area contributed by atoms with E-state index in [9.17, 15) is 0 Å². The number of nitrogens with one attached hydrogen (secondary N) is 1. The van der Waals surface area contributed by atoms with Gasteiger partial charge in [-0.3, -0.25) is 10.2 Å². The smallest absolute Gasteiger partial charge is 0.0657 e. The Kier molecular flexibility index (Phi) is 0.280. The number of nitrogens with zero attached hydrogens (tertiary/aromatic N) is 1. The fraction of sp³-hybridized carbons (Fsp3) is 1.00. The van der Waals surface area contributed by atoms with Gasteiger partial charge in [0.25, 0.3) is 0 Å². The highest BCUT2D eigenvalue weighted by atomic mass is 15.5. The molecule has 38 valence electrons. The topological polar surface area (TPSA) is 15.3 Å². The van der Waals surface area contributed by atoms with Crippen molar-refractivity contribution in [2.24, 2.45) is 5.92 Å². The second-order valence-corrected chi connectivity index (χ2v) is 2.78. The van der Waals surface area contributed by atoms with E-state index >= 15 is 0 Å². The summed E-state index contributed by atoms with van der Waals surface area (Å²) in [6.07, 6.45) is 0.838. The van der Waals surface area contributed by atoms with Crippen molar-refractivity contribution in [1.29, 1.82) is 0 Å². The first-order valence-corrected chi connectivity index (χ1v) is 2.96. The van der Waals surface area contributed by atoms with Gasteiger partial charge in [0.1, 0.15) is 0 Å². The van der Waals surface area contributed by atoms with E-state index in [2.05, 4.69) is 10.2 Å². The Bertz CT molecular complexity index is 97.2. The summed E-state index contributed by atoms with van der Waals surface area (Å²) in [6, 6.07) is 0.977. The van der Waals surface area contributed by atoms with Crippen molar-refractivity contribution in [1.82, 2.24) is 10.2 Å². The van der Waals surface area contributed by atoms with Crippen LogP contribution >= 0.6 is 0 Å². The van der Waals surface area contributed by atoms with Crippen molar-refractivity contribution >= 4 is 0 Å². The van der Waals surface area contributed by atoms with Gasteiger partial charge in [0.05, 0.1) is 6.17 Å². The highest BCUT2D eigenvalue weighted by Crippen LogP contribution is 2.47. The fourth-order valence-corrected chi connectivity index (χ4v) is 2.02. The molecule has 1 N–H and O–H groups in total. The summed E-state index contributed by atoms with van der Waals surface area (Å²) in [5, 5.41) is 3.42. The first-order valence-electron chi connectivity index (χ1n) is 2.96. The summed E-state index contributed by atoms with van der Waals surface area (Å²) in [4.78, 5) is 2.53. The monoisotopic (exact) mass is 96.1 g/mol. The zero-order valence-electron chi connectivity index (χ0n) is 4.09. The van der Waals surface area contributed by atoms with Gasteiger partial charge in [0.2, 0.25) is 0 Å². The quantitative estimate of drug-likeness (QED) is 0.426. The third-order valence-electron chi connectivity index (χ3n) is 2.64. The molecule has 5 rings (SSSR count). The van der Waals surface area contributed by atoms with Gasteiger partial charge in [0.15, 0.2) is 0 Å². The van der Waals surface area contributed by atoms with E-state index in [1.165, 1.54) is 13.1 Å². The molecule has 0 aromatic rings. The second-order valence-electron chi connectivity index (χ2n) is 2.78. The number of fused-ring (bicyclic) bond motifs is 1. The predicted octanol–water partition coefficient (Wildman–Crippen LogP) is -0.770. The van der Waals surface area contributed by atoms with Crippen LogP contribution in [0.25, 0.3) is 0 Å². The zero-order valence-corrected chi connectivity index (χ0v) is 4.09. The molecule has 0 spiro atoms. The molecule has 4 atom stereocenters. The van der Waals surface area contributed by atoms with Crippen molar-refractivity contribution in [3.63, 3.8) is 0 Å². The Morgan fingerprint density at radius 2 is 2.43 bits per heavy atom. The molecule has 0 saturated carbocycles. The summed E-state index contributed by atoms with van der Waals surface area (Å²) in [5.74, 6) is 1.07. The van der Waals surface area contributed by atoms with E-state index in [4.69, 9.17) is 0 Å². The van der Waals surface area contributed by atoms with Crippen LogP contribution in [-0.2, 0) is 0 Å². The van der Waals surface area contributed by atoms with Crippen molar-refractivity contribution in [2.75, 3.05) is 13.1 Å². The van der Waals surface area contributed by atoms with Gasteiger partial charge in [-0.15, -0.1) is 0 Å². The molecule has 7 heavy (non-hydrogen) atoms. The van der Waals surface area contributed by atoms with Crippen LogP contribution in [-0.4, -0.2) is 30.2 Å². The lowest BCUT2D eigenvalue weighted by molar-refractivity contribution is -0.138. The first kappa shape index (κ1) is 3.05. The van der Waals surface area contributed by atoms with E-state index in [0.717, 1.165) is 18.1 Å². The van der Waals surface area contributed by atoms with Crippen LogP contribution in [0.1, 0.15) is 0 Å². The molecule has 0 radical (unpaired) electrons. The van der Waals surface area contributed by atoms with Gasteiger partial charge in [-0.25, -0.2) is 0 Å². The highest BCUT2D eigenvalue weighted by Gasteiger charge is 2.63. The minimum absolute atomic E-state index is 0.838. The van der Waals surface area contributed by atoms with E-state index in [-0.39, 0.29) is 0 Å². The largest absolute Gasteiger partial charge is 0.300 e. The number of hydrogen-bond donors (Lipinski definition) is 1. The average molecular weight is 96.1 g/mol. The molecule has 5 fully saturated rings. The summed E-state index contributed by atoms with van der Waals surface area (Å²) in [6.45, 7) is 2.66. The minimum Gasteiger partial charge on any atom is -0.300 e. The molecule has 4 bridgehead atoms. The zero-order chi connectivity index (χ0) is 4.43. The molecule has 2 heteroatoms. The third-order valence-corrected chi connectivity index (χ3v) is 2.64. The van der Waals surface area contributed by atoms with Crippen LogP contribution < -0.4 is 5.32 Å². The Morgan fingerprint density at radius 3 is 2.57 bits per heavy atom. The van der Waals surface area contributed by atoms with Gasteiger partial charge < -0.3 is 0 Å².